The van der Waals surface area contributed by atoms with Gasteiger partial charge in [-0.2, -0.15) is 8.78 Å². The van der Waals surface area contributed by atoms with Gasteiger partial charge in [-0.25, -0.2) is 4.39 Å². The van der Waals surface area contributed by atoms with Crippen LogP contribution in [0.25, 0.3) is 0 Å². The summed E-state index contributed by atoms with van der Waals surface area (Å²) in [7, 11) is 0. The first kappa shape index (κ1) is 15.4. The molecule has 0 saturated heterocycles. The molecule has 1 rings (SSSR count). The van der Waals surface area contributed by atoms with Gasteiger partial charge in [-0.15, -0.1) is 0 Å². The molecule has 0 unspecified atom stereocenters. The van der Waals surface area contributed by atoms with Crippen molar-refractivity contribution in [2.75, 3.05) is 24.2 Å². The molecular weight excluding hydrogens is 261 g/mol. The molecule has 7 heteroatoms. The molecule has 108 valence electrons. The van der Waals surface area contributed by atoms with Crippen molar-refractivity contribution in [2.24, 2.45) is 0 Å². The highest BCUT2D eigenvalue weighted by Crippen LogP contribution is 2.29. The summed E-state index contributed by atoms with van der Waals surface area (Å²) >= 11 is 0. The number of anilines is 2. The third-order valence-electron chi connectivity index (χ3n) is 2.19. The minimum atomic E-state index is -3.09. The Kier molecular flexibility index (Phi) is 5.75. The normalized spacial score (nSPS) is 11.1. The number of rotatable bonds is 7. The van der Waals surface area contributed by atoms with Crippen LogP contribution in [0, 0.1) is 5.82 Å². The van der Waals surface area contributed by atoms with Crippen molar-refractivity contribution in [3.05, 3.63) is 17.9 Å². The van der Waals surface area contributed by atoms with Gasteiger partial charge in [0.15, 0.2) is 11.6 Å². The summed E-state index contributed by atoms with van der Waals surface area (Å²) in [6.07, 6.45) is 0.0880. The van der Waals surface area contributed by atoms with Crippen molar-refractivity contribution in [3.8, 4) is 5.75 Å². The first-order valence-electron chi connectivity index (χ1n) is 5.79. The van der Waals surface area contributed by atoms with Crippen molar-refractivity contribution in [1.82, 2.24) is 0 Å². The van der Waals surface area contributed by atoms with Gasteiger partial charge in [0.1, 0.15) is 0 Å². The van der Waals surface area contributed by atoms with E-state index in [9.17, 15) is 13.2 Å². The second-order valence-electron chi connectivity index (χ2n) is 4.09. The first-order chi connectivity index (χ1) is 8.90. The predicted octanol–water partition coefficient (Wildman–Crippen LogP) is 2.85. The van der Waals surface area contributed by atoms with E-state index in [1.807, 2.05) is 13.8 Å². The molecule has 0 heterocycles. The predicted molar refractivity (Wildman–Crippen MR) is 67.0 cm³/mol. The molecule has 0 aliphatic heterocycles. The van der Waals surface area contributed by atoms with E-state index in [-0.39, 0.29) is 11.8 Å². The summed E-state index contributed by atoms with van der Waals surface area (Å²) in [6.45, 7) is 1.53. The summed E-state index contributed by atoms with van der Waals surface area (Å²) in [5, 5.41) is 2.87. The fourth-order valence-corrected chi connectivity index (χ4v) is 1.39. The Bertz CT molecular complexity index is 414. The Morgan fingerprint density at radius 1 is 1.32 bits per heavy atom. The van der Waals surface area contributed by atoms with Gasteiger partial charge in [0.05, 0.1) is 24.1 Å². The number of nitrogen functional groups attached to an aromatic ring is 1. The molecule has 0 saturated carbocycles. The van der Waals surface area contributed by atoms with Crippen LogP contribution in [0.1, 0.15) is 13.8 Å². The molecule has 1 aromatic carbocycles. The number of nitrogens with two attached hydrogens (primary N) is 1. The van der Waals surface area contributed by atoms with E-state index in [0.29, 0.717) is 18.8 Å². The van der Waals surface area contributed by atoms with Crippen LogP contribution in [0.3, 0.4) is 0 Å². The monoisotopic (exact) mass is 278 g/mol. The largest absolute Gasteiger partial charge is 0.432 e. The van der Waals surface area contributed by atoms with Gasteiger partial charge in [-0.1, -0.05) is 0 Å². The standard InChI is InChI=1S/C12H17F3N2O2/c1-7(2)18-4-3-17-10-6-11(19-12(14)15)8(13)5-9(10)16/h5-7,12,17H,3-4,16H2,1-2H3. The number of benzene rings is 1. The van der Waals surface area contributed by atoms with Crippen LogP contribution in [-0.4, -0.2) is 25.9 Å². The van der Waals surface area contributed by atoms with Crippen molar-refractivity contribution in [1.29, 1.82) is 0 Å². The number of hydrogen-bond donors (Lipinski definition) is 2. The molecule has 0 amide bonds. The van der Waals surface area contributed by atoms with Gasteiger partial charge in [0.25, 0.3) is 0 Å². The summed E-state index contributed by atoms with van der Waals surface area (Å²) in [6, 6.07) is 2.04. The van der Waals surface area contributed by atoms with E-state index in [0.717, 1.165) is 12.1 Å². The van der Waals surface area contributed by atoms with E-state index in [2.05, 4.69) is 10.1 Å². The summed E-state index contributed by atoms with van der Waals surface area (Å²) in [4.78, 5) is 0. The number of nitrogens with one attached hydrogen (secondary N) is 1. The third kappa shape index (κ3) is 5.25. The lowest BCUT2D eigenvalue weighted by molar-refractivity contribution is -0.0521. The Morgan fingerprint density at radius 2 is 2.00 bits per heavy atom. The maximum Gasteiger partial charge on any atom is 0.387 e. The van der Waals surface area contributed by atoms with Crippen LogP contribution in [0.5, 0.6) is 5.75 Å². The number of alkyl halides is 2. The lowest BCUT2D eigenvalue weighted by Crippen LogP contribution is -2.14. The molecule has 0 aliphatic rings. The summed E-state index contributed by atoms with van der Waals surface area (Å²) in [5.41, 5.74) is 6.01. The lowest BCUT2D eigenvalue weighted by atomic mass is 10.2. The van der Waals surface area contributed by atoms with Crippen molar-refractivity contribution in [2.45, 2.75) is 26.6 Å². The van der Waals surface area contributed by atoms with E-state index < -0.39 is 18.2 Å². The molecule has 3 N–H and O–H groups in total. The van der Waals surface area contributed by atoms with Crippen LogP contribution in [0.15, 0.2) is 12.1 Å². The van der Waals surface area contributed by atoms with Gasteiger partial charge in [-0.05, 0) is 13.8 Å². The molecule has 0 fully saturated rings. The fourth-order valence-electron chi connectivity index (χ4n) is 1.39. The maximum absolute atomic E-state index is 13.3. The minimum Gasteiger partial charge on any atom is -0.432 e. The molecular formula is C12H17F3N2O2. The zero-order valence-electron chi connectivity index (χ0n) is 10.8. The Balaban J connectivity index is 2.66. The van der Waals surface area contributed by atoms with Crippen LogP contribution < -0.4 is 15.8 Å². The Labute approximate surface area is 109 Å². The van der Waals surface area contributed by atoms with Gasteiger partial charge < -0.3 is 20.5 Å². The Morgan fingerprint density at radius 3 is 2.58 bits per heavy atom. The summed E-state index contributed by atoms with van der Waals surface area (Å²) < 4.78 is 46.8. The number of hydrogen-bond acceptors (Lipinski definition) is 4. The molecule has 0 aliphatic carbocycles. The van der Waals surface area contributed by atoms with Crippen molar-refractivity contribution in [3.63, 3.8) is 0 Å². The van der Waals surface area contributed by atoms with Gasteiger partial charge in [0, 0.05) is 18.7 Å². The number of halogens is 3. The van der Waals surface area contributed by atoms with Crippen LogP contribution in [-0.2, 0) is 4.74 Å². The fraction of sp³-hybridized carbons (Fsp3) is 0.500. The van der Waals surface area contributed by atoms with Crippen molar-refractivity contribution < 1.29 is 22.6 Å². The number of ether oxygens (including phenoxy) is 2. The molecule has 4 nitrogen and oxygen atoms in total. The Hall–Kier alpha value is -1.63. The average molecular weight is 278 g/mol. The van der Waals surface area contributed by atoms with Crippen LogP contribution in [0.2, 0.25) is 0 Å². The lowest BCUT2D eigenvalue weighted by Gasteiger charge is -2.13. The SMILES string of the molecule is CC(C)OCCNc1cc(OC(F)F)c(F)cc1N. The molecule has 0 radical (unpaired) electrons. The van der Waals surface area contributed by atoms with Gasteiger partial charge >= 0.3 is 6.61 Å². The van der Waals surface area contributed by atoms with Crippen LogP contribution >= 0.6 is 0 Å². The smallest absolute Gasteiger partial charge is 0.387 e. The molecule has 0 aromatic heterocycles. The quantitative estimate of drug-likeness (QED) is 0.595. The first-order valence-corrected chi connectivity index (χ1v) is 5.79. The van der Waals surface area contributed by atoms with E-state index in [4.69, 9.17) is 10.5 Å². The second kappa shape index (κ2) is 7.08. The third-order valence-corrected chi connectivity index (χ3v) is 2.19. The van der Waals surface area contributed by atoms with E-state index >= 15 is 0 Å². The molecule has 1 aromatic rings. The highest BCUT2D eigenvalue weighted by atomic mass is 19.3. The second-order valence-corrected chi connectivity index (χ2v) is 4.09. The molecule has 0 spiro atoms. The molecule has 0 atom stereocenters. The van der Waals surface area contributed by atoms with Gasteiger partial charge in [0.2, 0.25) is 0 Å². The topological polar surface area (TPSA) is 56.5 Å². The highest BCUT2D eigenvalue weighted by molar-refractivity contribution is 5.68. The van der Waals surface area contributed by atoms with E-state index in [1.54, 1.807) is 0 Å². The maximum atomic E-state index is 13.3. The van der Waals surface area contributed by atoms with Crippen LogP contribution in [0.4, 0.5) is 24.5 Å². The van der Waals surface area contributed by atoms with Gasteiger partial charge in [-0.3, -0.25) is 0 Å². The summed E-state index contributed by atoms with van der Waals surface area (Å²) in [5.74, 6) is -1.47. The zero-order valence-corrected chi connectivity index (χ0v) is 10.8. The van der Waals surface area contributed by atoms with E-state index in [1.165, 1.54) is 0 Å². The highest BCUT2D eigenvalue weighted by Gasteiger charge is 2.13. The average Bonchev–Trinajstić information content (AvgIpc) is 2.29. The molecule has 19 heavy (non-hydrogen) atoms. The van der Waals surface area contributed by atoms with Crippen molar-refractivity contribution >= 4 is 11.4 Å². The minimum absolute atomic E-state index is 0.0880. The molecule has 0 bridgehead atoms. The zero-order chi connectivity index (χ0) is 14.4.